The number of ether oxygens (including phenoxy) is 1. The maximum atomic E-state index is 13.9. The lowest BCUT2D eigenvalue weighted by Gasteiger charge is -2.37. The summed E-state index contributed by atoms with van der Waals surface area (Å²) in [5.41, 5.74) is 4.44. The van der Waals surface area contributed by atoms with E-state index >= 15 is 0 Å². The van der Waals surface area contributed by atoms with Gasteiger partial charge in [0, 0.05) is 30.9 Å². The number of benzene rings is 4. The number of carbonyl (C=O) groups excluding carboxylic acids is 1. The van der Waals surface area contributed by atoms with Crippen molar-refractivity contribution >= 4 is 22.4 Å². The number of fused-ring (bicyclic) bond motifs is 2. The Labute approximate surface area is 207 Å². The Hall–Kier alpha value is -3.79. The van der Waals surface area contributed by atoms with Gasteiger partial charge in [0.2, 0.25) is 0 Å². The van der Waals surface area contributed by atoms with Gasteiger partial charge in [0.05, 0.1) is 6.04 Å². The first-order valence-electron chi connectivity index (χ1n) is 12.5. The number of anilines is 1. The van der Waals surface area contributed by atoms with Crippen molar-refractivity contribution in [2.24, 2.45) is 0 Å². The van der Waals surface area contributed by atoms with Gasteiger partial charge < -0.3 is 14.5 Å². The standard InChI is InChI=1S/C31H32N2O2/c1-3-32(4-2)26-16-18-28(19-17-26)35-22-27-20-24-11-5-6-12-25(24)21-33(27)31(34)30-15-9-13-23-10-7-8-14-29(23)30/h5-19,27H,3-4,20-22H2,1-2H3/t27-/m0/s1. The number of rotatable bonds is 7. The van der Waals surface area contributed by atoms with Crippen LogP contribution in [-0.2, 0) is 13.0 Å². The molecule has 1 atom stereocenters. The first-order valence-corrected chi connectivity index (χ1v) is 12.5. The summed E-state index contributed by atoms with van der Waals surface area (Å²) >= 11 is 0. The van der Waals surface area contributed by atoms with Crippen molar-refractivity contribution in [3.05, 3.63) is 108 Å². The third-order valence-electron chi connectivity index (χ3n) is 7.04. The molecule has 0 unspecified atom stereocenters. The molecule has 1 amide bonds. The zero-order valence-corrected chi connectivity index (χ0v) is 20.5. The minimum atomic E-state index is -0.0428. The number of nitrogens with zero attached hydrogens (tertiary/aromatic N) is 2. The Balaban J connectivity index is 1.40. The van der Waals surface area contributed by atoms with Gasteiger partial charge in [-0.2, -0.15) is 0 Å². The molecule has 35 heavy (non-hydrogen) atoms. The quantitative estimate of drug-likeness (QED) is 0.320. The van der Waals surface area contributed by atoms with Crippen molar-refractivity contribution in [1.29, 1.82) is 0 Å². The van der Waals surface area contributed by atoms with Crippen LogP contribution >= 0.6 is 0 Å². The molecule has 1 aliphatic rings. The summed E-state index contributed by atoms with van der Waals surface area (Å²) in [4.78, 5) is 18.2. The topological polar surface area (TPSA) is 32.8 Å². The molecule has 1 heterocycles. The lowest BCUT2D eigenvalue weighted by atomic mass is 9.93. The molecule has 4 aromatic rings. The molecule has 0 fully saturated rings. The van der Waals surface area contributed by atoms with E-state index in [0.29, 0.717) is 13.2 Å². The molecule has 4 nitrogen and oxygen atoms in total. The van der Waals surface area contributed by atoms with Crippen LogP contribution in [0.5, 0.6) is 5.75 Å². The maximum absolute atomic E-state index is 13.9. The Morgan fingerprint density at radius 1 is 0.857 bits per heavy atom. The second-order valence-electron chi connectivity index (χ2n) is 9.06. The molecular formula is C31H32N2O2. The predicted molar refractivity (Wildman–Crippen MR) is 143 cm³/mol. The van der Waals surface area contributed by atoms with E-state index in [2.05, 4.69) is 61.2 Å². The van der Waals surface area contributed by atoms with E-state index in [1.165, 1.54) is 16.8 Å². The van der Waals surface area contributed by atoms with Crippen molar-refractivity contribution in [1.82, 2.24) is 4.90 Å². The molecule has 0 aliphatic carbocycles. The van der Waals surface area contributed by atoms with Crippen molar-refractivity contribution in [3.8, 4) is 5.75 Å². The first kappa shape index (κ1) is 23.0. The molecule has 5 rings (SSSR count). The zero-order chi connectivity index (χ0) is 24.2. The number of carbonyl (C=O) groups is 1. The fourth-order valence-electron chi connectivity index (χ4n) is 5.08. The van der Waals surface area contributed by atoms with E-state index in [1.807, 2.05) is 53.4 Å². The van der Waals surface area contributed by atoms with Crippen LogP contribution in [0.3, 0.4) is 0 Å². The van der Waals surface area contributed by atoms with E-state index in [-0.39, 0.29) is 11.9 Å². The zero-order valence-electron chi connectivity index (χ0n) is 20.5. The van der Waals surface area contributed by atoms with E-state index in [1.54, 1.807) is 0 Å². The van der Waals surface area contributed by atoms with Crippen LogP contribution in [0.15, 0.2) is 91.0 Å². The Kier molecular flexibility index (Phi) is 6.71. The second kappa shape index (κ2) is 10.2. The molecule has 0 N–H and O–H groups in total. The van der Waals surface area contributed by atoms with Gasteiger partial charge in [-0.05, 0) is 72.5 Å². The highest BCUT2D eigenvalue weighted by Crippen LogP contribution is 2.28. The van der Waals surface area contributed by atoms with Crippen LogP contribution in [0.4, 0.5) is 5.69 Å². The summed E-state index contributed by atoms with van der Waals surface area (Å²) in [7, 11) is 0. The fourth-order valence-corrected chi connectivity index (χ4v) is 5.08. The highest BCUT2D eigenvalue weighted by Gasteiger charge is 2.31. The highest BCUT2D eigenvalue weighted by atomic mass is 16.5. The largest absolute Gasteiger partial charge is 0.491 e. The molecule has 178 valence electrons. The van der Waals surface area contributed by atoms with Gasteiger partial charge in [-0.3, -0.25) is 4.79 Å². The summed E-state index contributed by atoms with van der Waals surface area (Å²) < 4.78 is 6.25. The third kappa shape index (κ3) is 4.74. The third-order valence-corrected chi connectivity index (χ3v) is 7.04. The minimum absolute atomic E-state index is 0.0428. The molecule has 0 aromatic heterocycles. The van der Waals surface area contributed by atoms with Gasteiger partial charge in [-0.1, -0.05) is 60.7 Å². The molecule has 4 heteroatoms. The van der Waals surface area contributed by atoms with Gasteiger partial charge in [0.15, 0.2) is 0 Å². The predicted octanol–water partition coefficient (Wildman–Crippen LogP) is 6.33. The van der Waals surface area contributed by atoms with Crippen LogP contribution < -0.4 is 9.64 Å². The number of hydrogen-bond donors (Lipinski definition) is 0. The van der Waals surface area contributed by atoms with Crippen molar-refractivity contribution < 1.29 is 9.53 Å². The van der Waals surface area contributed by atoms with Gasteiger partial charge in [-0.25, -0.2) is 0 Å². The molecule has 4 aromatic carbocycles. The molecule has 1 aliphatic heterocycles. The van der Waals surface area contributed by atoms with Crippen molar-refractivity contribution in [2.75, 3.05) is 24.6 Å². The van der Waals surface area contributed by atoms with E-state index in [9.17, 15) is 4.79 Å². The van der Waals surface area contributed by atoms with Gasteiger partial charge in [0.25, 0.3) is 5.91 Å². The van der Waals surface area contributed by atoms with Gasteiger partial charge >= 0.3 is 0 Å². The van der Waals surface area contributed by atoms with Crippen LogP contribution in [0.25, 0.3) is 10.8 Å². The molecule has 0 saturated heterocycles. The summed E-state index contributed by atoms with van der Waals surface area (Å²) in [6.07, 6.45) is 0.782. The number of amides is 1. The van der Waals surface area contributed by atoms with Gasteiger partial charge in [-0.15, -0.1) is 0 Å². The normalized spacial score (nSPS) is 15.0. The smallest absolute Gasteiger partial charge is 0.255 e. The lowest BCUT2D eigenvalue weighted by molar-refractivity contribution is 0.0568. The number of hydrogen-bond acceptors (Lipinski definition) is 3. The second-order valence-corrected chi connectivity index (χ2v) is 9.06. The lowest BCUT2D eigenvalue weighted by Crippen LogP contribution is -2.47. The minimum Gasteiger partial charge on any atom is -0.491 e. The molecule has 0 radical (unpaired) electrons. The molecule has 0 saturated carbocycles. The Morgan fingerprint density at radius 2 is 1.54 bits per heavy atom. The maximum Gasteiger partial charge on any atom is 0.255 e. The average Bonchev–Trinajstić information content (AvgIpc) is 2.92. The van der Waals surface area contributed by atoms with Crippen LogP contribution in [0.2, 0.25) is 0 Å². The molecular weight excluding hydrogens is 432 g/mol. The summed E-state index contributed by atoms with van der Waals surface area (Å²) in [5.74, 6) is 0.888. The monoisotopic (exact) mass is 464 g/mol. The summed E-state index contributed by atoms with van der Waals surface area (Å²) in [6, 6.07) is 30.7. The first-order chi connectivity index (χ1) is 17.2. The van der Waals surface area contributed by atoms with Crippen LogP contribution in [-0.4, -0.2) is 36.5 Å². The van der Waals surface area contributed by atoms with Gasteiger partial charge in [0.1, 0.15) is 12.4 Å². The summed E-state index contributed by atoms with van der Waals surface area (Å²) in [6.45, 7) is 7.32. The Bertz CT molecular complexity index is 1310. The van der Waals surface area contributed by atoms with E-state index < -0.39 is 0 Å². The Morgan fingerprint density at radius 3 is 2.31 bits per heavy atom. The SMILES string of the molecule is CCN(CC)c1ccc(OC[C@@H]2Cc3ccccc3CN2C(=O)c2cccc3ccccc23)cc1. The van der Waals surface area contributed by atoms with E-state index in [0.717, 1.165) is 41.6 Å². The van der Waals surface area contributed by atoms with E-state index in [4.69, 9.17) is 4.74 Å². The summed E-state index contributed by atoms with van der Waals surface area (Å²) in [5, 5.41) is 2.07. The fraction of sp³-hybridized carbons (Fsp3) is 0.258. The van der Waals surface area contributed by atoms with Crippen LogP contribution in [0, 0.1) is 0 Å². The molecule has 0 spiro atoms. The van der Waals surface area contributed by atoms with Crippen LogP contribution in [0.1, 0.15) is 35.3 Å². The molecule has 0 bridgehead atoms. The van der Waals surface area contributed by atoms with Crippen molar-refractivity contribution in [3.63, 3.8) is 0 Å². The van der Waals surface area contributed by atoms with Crippen molar-refractivity contribution in [2.45, 2.75) is 32.9 Å². The highest BCUT2D eigenvalue weighted by molar-refractivity contribution is 6.07. The average molecular weight is 465 g/mol.